The highest BCUT2D eigenvalue weighted by Crippen LogP contribution is 2.09. The molecule has 1 aromatic rings. The quantitative estimate of drug-likeness (QED) is 0.542. The molecule has 0 unspecified atom stereocenters. The second-order valence-electron chi connectivity index (χ2n) is 3.71. The van der Waals surface area contributed by atoms with E-state index >= 15 is 0 Å². The van der Waals surface area contributed by atoms with Crippen molar-refractivity contribution in [1.29, 1.82) is 0 Å². The molecule has 0 aromatic heterocycles. The number of aliphatic carboxylic acids is 2. The highest BCUT2D eigenvalue weighted by Gasteiger charge is 2.13. The van der Waals surface area contributed by atoms with Crippen molar-refractivity contribution in [3.8, 4) is 0 Å². The number of rotatable bonds is 6. The molecule has 0 fully saturated rings. The highest BCUT2D eigenvalue weighted by molar-refractivity contribution is 6.35. The van der Waals surface area contributed by atoms with Gasteiger partial charge in [0.2, 0.25) is 0 Å². The molecule has 0 aliphatic carbocycles. The predicted octanol–water partition coefficient (Wildman–Crippen LogP) is 1.38. The number of halogens is 1. The monoisotopic (exact) mass is 298 g/mol. The number of carboxylic acids is 2. The molecule has 7 nitrogen and oxygen atoms in total. The van der Waals surface area contributed by atoms with Crippen molar-refractivity contribution in [2.75, 3.05) is 0 Å². The Labute approximate surface area is 118 Å². The second-order valence-corrected chi connectivity index (χ2v) is 4.14. The lowest BCUT2D eigenvalue weighted by Gasteiger charge is -2.02. The molecule has 0 spiro atoms. The lowest BCUT2D eigenvalue weighted by atomic mass is 10.2. The van der Waals surface area contributed by atoms with Crippen LogP contribution in [0.4, 0.5) is 0 Å². The fraction of sp³-hybridized carbons (Fsp3) is 0.167. The molecule has 0 aliphatic rings. The van der Waals surface area contributed by atoms with Gasteiger partial charge < -0.3 is 10.2 Å². The van der Waals surface area contributed by atoms with Gasteiger partial charge >= 0.3 is 11.9 Å². The van der Waals surface area contributed by atoms with Crippen LogP contribution in [0, 0.1) is 0 Å². The van der Waals surface area contributed by atoms with Crippen molar-refractivity contribution in [1.82, 2.24) is 5.43 Å². The average molecular weight is 299 g/mol. The van der Waals surface area contributed by atoms with E-state index in [1.807, 2.05) is 0 Å². The Bertz CT molecular complexity index is 553. The third kappa shape index (κ3) is 5.07. The number of carbonyl (C=O) groups excluding carboxylic acids is 1. The van der Waals surface area contributed by atoms with Gasteiger partial charge in [-0.1, -0.05) is 11.6 Å². The van der Waals surface area contributed by atoms with E-state index in [0.717, 1.165) is 0 Å². The molecular weight excluding hydrogens is 288 g/mol. The summed E-state index contributed by atoms with van der Waals surface area (Å²) < 4.78 is 0. The molecular formula is C12H11ClN2O5. The van der Waals surface area contributed by atoms with Gasteiger partial charge in [-0.2, -0.15) is 5.10 Å². The predicted molar refractivity (Wildman–Crippen MR) is 70.9 cm³/mol. The lowest BCUT2D eigenvalue weighted by Crippen LogP contribution is -2.23. The number of carbonyl (C=O) groups is 3. The fourth-order valence-electron chi connectivity index (χ4n) is 1.22. The van der Waals surface area contributed by atoms with E-state index in [2.05, 4.69) is 10.5 Å². The molecule has 3 N–H and O–H groups in total. The largest absolute Gasteiger partial charge is 0.481 e. The minimum absolute atomic E-state index is 0.251. The molecule has 1 rings (SSSR count). The number of benzene rings is 1. The van der Waals surface area contributed by atoms with Crippen LogP contribution in [0.25, 0.3) is 0 Å². The number of nitrogens with zero attached hydrogens (tertiary/aromatic N) is 1. The standard InChI is InChI=1S/C12H11ClN2O5/c13-8-3-1-7(2-4-8)11(18)15-14-9(12(19)20)5-6-10(16)17/h1-4H,5-6H2,(H,15,18)(H,16,17)(H,19,20)/b14-9-. The van der Waals surface area contributed by atoms with Crippen LogP contribution in [0.1, 0.15) is 23.2 Å². The van der Waals surface area contributed by atoms with Gasteiger partial charge in [-0.15, -0.1) is 0 Å². The number of hydrazone groups is 1. The molecule has 0 radical (unpaired) electrons. The van der Waals surface area contributed by atoms with Gasteiger partial charge in [-0.3, -0.25) is 9.59 Å². The molecule has 106 valence electrons. The van der Waals surface area contributed by atoms with Crippen molar-refractivity contribution < 1.29 is 24.6 Å². The summed E-state index contributed by atoms with van der Waals surface area (Å²) in [6.45, 7) is 0. The Morgan fingerprint density at radius 3 is 2.20 bits per heavy atom. The minimum atomic E-state index is -1.39. The SMILES string of the molecule is O=C(O)CC/C(=N/NC(=O)c1ccc(Cl)cc1)C(=O)O. The van der Waals surface area contributed by atoms with E-state index in [1.165, 1.54) is 24.3 Å². The Morgan fingerprint density at radius 1 is 1.10 bits per heavy atom. The Morgan fingerprint density at radius 2 is 1.70 bits per heavy atom. The van der Waals surface area contributed by atoms with Gasteiger partial charge in [0.1, 0.15) is 5.71 Å². The molecule has 0 aliphatic heterocycles. The molecule has 20 heavy (non-hydrogen) atoms. The first-order valence-corrected chi connectivity index (χ1v) is 5.85. The zero-order chi connectivity index (χ0) is 15.1. The van der Waals surface area contributed by atoms with Gasteiger partial charge in [0.15, 0.2) is 0 Å². The van der Waals surface area contributed by atoms with Gasteiger partial charge in [0.25, 0.3) is 5.91 Å². The lowest BCUT2D eigenvalue weighted by molar-refractivity contribution is -0.136. The number of hydrogen-bond acceptors (Lipinski definition) is 4. The summed E-state index contributed by atoms with van der Waals surface area (Å²) in [7, 11) is 0. The third-order valence-electron chi connectivity index (χ3n) is 2.22. The number of hydrogen-bond donors (Lipinski definition) is 3. The molecule has 0 saturated carbocycles. The van der Waals surface area contributed by atoms with Crippen molar-refractivity contribution in [2.45, 2.75) is 12.8 Å². The molecule has 8 heteroatoms. The van der Waals surface area contributed by atoms with Crippen LogP contribution in [0.5, 0.6) is 0 Å². The van der Waals surface area contributed by atoms with Crippen LogP contribution in [-0.2, 0) is 9.59 Å². The first-order valence-electron chi connectivity index (χ1n) is 5.47. The minimum Gasteiger partial charge on any atom is -0.481 e. The van der Waals surface area contributed by atoms with Crippen LogP contribution < -0.4 is 5.43 Å². The van der Waals surface area contributed by atoms with E-state index in [9.17, 15) is 14.4 Å². The van der Waals surface area contributed by atoms with Crippen LogP contribution >= 0.6 is 11.6 Å². The molecule has 0 saturated heterocycles. The first-order chi connectivity index (χ1) is 9.40. The van der Waals surface area contributed by atoms with Gasteiger partial charge in [0, 0.05) is 17.0 Å². The maximum absolute atomic E-state index is 11.7. The average Bonchev–Trinajstić information content (AvgIpc) is 2.38. The normalized spacial score (nSPS) is 10.9. The molecule has 1 amide bonds. The zero-order valence-corrected chi connectivity index (χ0v) is 10.9. The topological polar surface area (TPSA) is 116 Å². The van der Waals surface area contributed by atoms with Gasteiger partial charge in [-0.05, 0) is 24.3 Å². The number of nitrogens with one attached hydrogen (secondary N) is 1. The van der Waals surface area contributed by atoms with Gasteiger partial charge in [-0.25, -0.2) is 10.2 Å². The Hall–Kier alpha value is -2.41. The van der Waals surface area contributed by atoms with E-state index in [1.54, 1.807) is 0 Å². The number of carboxylic acid groups (broad SMARTS) is 2. The molecule has 1 aromatic carbocycles. The first kappa shape index (κ1) is 15.6. The summed E-state index contributed by atoms with van der Waals surface area (Å²) in [6.07, 6.45) is -0.673. The van der Waals surface area contributed by atoms with Crippen molar-refractivity contribution in [3.63, 3.8) is 0 Å². The Balaban J connectivity index is 2.71. The fourth-order valence-corrected chi connectivity index (χ4v) is 1.35. The smallest absolute Gasteiger partial charge is 0.352 e. The molecule has 0 bridgehead atoms. The van der Waals surface area contributed by atoms with E-state index in [-0.39, 0.29) is 18.4 Å². The second kappa shape index (κ2) is 7.25. The summed E-state index contributed by atoms with van der Waals surface area (Å²) >= 11 is 5.66. The van der Waals surface area contributed by atoms with Crippen LogP contribution in [0.2, 0.25) is 5.02 Å². The maximum Gasteiger partial charge on any atom is 0.352 e. The highest BCUT2D eigenvalue weighted by atomic mass is 35.5. The summed E-state index contributed by atoms with van der Waals surface area (Å²) in [5, 5.41) is 21.2. The van der Waals surface area contributed by atoms with Crippen molar-refractivity contribution in [3.05, 3.63) is 34.9 Å². The summed E-state index contributed by atoms with van der Waals surface area (Å²) in [4.78, 5) is 32.8. The van der Waals surface area contributed by atoms with E-state index in [4.69, 9.17) is 21.8 Å². The van der Waals surface area contributed by atoms with Gasteiger partial charge in [0.05, 0.1) is 6.42 Å². The zero-order valence-electron chi connectivity index (χ0n) is 10.2. The van der Waals surface area contributed by atoms with E-state index < -0.39 is 23.6 Å². The van der Waals surface area contributed by atoms with Crippen LogP contribution in [0.15, 0.2) is 29.4 Å². The molecule has 0 atom stereocenters. The van der Waals surface area contributed by atoms with Crippen molar-refractivity contribution >= 4 is 35.2 Å². The molecule has 0 heterocycles. The van der Waals surface area contributed by atoms with Crippen LogP contribution in [-0.4, -0.2) is 33.8 Å². The maximum atomic E-state index is 11.7. The summed E-state index contributed by atoms with van der Waals surface area (Å²) in [5.41, 5.74) is 1.87. The van der Waals surface area contributed by atoms with E-state index in [0.29, 0.717) is 5.02 Å². The van der Waals surface area contributed by atoms with Crippen LogP contribution in [0.3, 0.4) is 0 Å². The number of amides is 1. The Kier molecular flexibility index (Phi) is 5.67. The third-order valence-corrected chi connectivity index (χ3v) is 2.47. The summed E-state index contributed by atoms with van der Waals surface area (Å²) in [5.74, 6) is -3.15. The van der Waals surface area contributed by atoms with Crippen molar-refractivity contribution in [2.24, 2.45) is 5.10 Å². The summed E-state index contributed by atoms with van der Waals surface area (Å²) in [6, 6.07) is 5.90.